The van der Waals surface area contributed by atoms with Crippen molar-refractivity contribution in [2.75, 3.05) is 31.1 Å². The molecule has 5 heteroatoms. The summed E-state index contributed by atoms with van der Waals surface area (Å²) in [5.41, 5.74) is 4.52. The highest BCUT2D eigenvalue weighted by Gasteiger charge is 2.19. The van der Waals surface area contributed by atoms with Crippen LogP contribution >= 0.6 is 11.6 Å². The normalized spacial score (nSPS) is 15.7. The zero-order valence-electron chi connectivity index (χ0n) is 14.3. The van der Waals surface area contributed by atoms with Crippen molar-refractivity contribution in [3.05, 3.63) is 65.1 Å². The fourth-order valence-corrected chi connectivity index (χ4v) is 3.53. The lowest BCUT2D eigenvalue weighted by atomic mass is 10.1. The van der Waals surface area contributed by atoms with Crippen molar-refractivity contribution in [1.82, 2.24) is 14.9 Å². The van der Waals surface area contributed by atoms with Crippen LogP contribution in [0.25, 0.3) is 10.9 Å². The summed E-state index contributed by atoms with van der Waals surface area (Å²) in [7, 11) is 0. The number of benzene rings is 1. The van der Waals surface area contributed by atoms with Crippen molar-refractivity contribution in [2.24, 2.45) is 0 Å². The summed E-state index contributed by atoms with van der Waals surface area (Å²) in [6.07, 6.45) is 1.72. The van der Waals surface area contributed by atoms with Gasteiger partial charge in [-0.25, -0.2) is 0 Å². The lowest BCUT2D eigenvalue weighted by molar-refractivity contribution is 0.247. The standard InChI is InChI=1S/C20H21ClN4/c1-15-12-20(18-4-2-3-5-19(18)23-15)25-10-8-24(9-11-25)14-17-7-6-16(21)13-22-17/h2-7,12-13H,8-11,14H2,1H3. The largest absolute Gasteiger partial charge is 0.368 e. The molecule has 0 aliphatic carbocycles. The maximum absolute atomic E-state index is 5.91. The number of aromatic nitrogens is 2. The second-order valence-electron chi connectivity index (χ2n) is 6.53. The predicted octanol–water partition coefficient (Wildman–Crippen LogP) is 3.91. The molecule has 0 saturated carbocycles. The summed E-state index contributed by atoms with van der Waals surface area (Å²) in [5, 5.41) is 1.93. The van der Waals surface area contributed by atoms with Gasteiger partial charge in [0.15, 0.2) is 0 Å². The summed E-state index contributed by atoms with van der Waals surface area (Å²) in [5.74, 6) is 0. The molecular weight excluding hydrogens is 332 g/mol. The number of pyridine rings is 2. The van der Waals surface area contributed by atoms with Crippen LogP contribution in [-0.2, 0) is 6.54 Å². The maximum atomic E-state index is 5.91. The van der Waals surface area contributed by atoms with Gasteiger partial charge in [0.1, 0.15) is 0 Å². The fraction of sp³-hybridized carbons (Fsp3) is 0.300. The number of rotatable bonds is 3. The molecule has 1 saturated heterocycles. The first-order valence-corrected chi connectivity index (χ1v) is 9.01. The summed E-state index contributed by atoms with van der Waals surface area (Å²) in [6, 6.07) is 14.5. The third-order valence-electron chi connectivity index (χ3n) is 4.71. The van der Waals surface area contributed by atoms with Gasteiger partial charge in [-0.05, 0) is 31.2 Å². The molecule has 1 aromatic carbocycles. The van der Waals surface area contributed by atoms with Gasteiger partial charge < -0.3 is 4.90 Å². The number of nitrogens with zero attached hydrogens (tertiary/aromatic N) is 4. The Labute approximate surface area is 153 Å². The van der Waals surface area contributed by atoms with Crippen molar-refractivity contribution in [1.29, 1.82) is 0 Å². The van der Waals surface area contributed by atoms with Gasteiger partial charge in [0.25, 0.3) is 0 Å². The number of para-hydroxylation sites is 1. The number of piperazine rings is 1. The number of halogens is 1. The molecule has 1 fully saturated rings. The quantitative estimate of drug-likeness (QED) is 0.715. The first-order valence-electron chi connectivity index (χ1n) is 8.63. The third kappa shape index (κ3) is 3.60. The predicted molar refractivity (Wildman–Crippen MR) is 103 cm³/mol. The van der Waals surface area contributed by atoms with E-state index < -0.39 is 0 Å². The lowest BCUT2D eigenvalue weighted by Gasteiger charge is -2.36. The number of anilines is 1. The summed E-state index contributed by atoms with van der Waals surface area (Å²) in [4.78, 5) is 14.0. The Kier molecular flexibility index (Phi) is 4.55. The molecule has 4 nitrogen and oxygen atoms in total. The Balaban J connectivity index is 1.48. The van der Waals surface area contributed by atoms with Gasteiger partial charge >= 0.3 is 0 Å². The Hall–Kier alpha value is -2.17. The van der Waals surface area contributed by atoms with E-state index in [-0.39, 0.29) is 0 Å². The molecule has 0 unspecified atom stereocenters. The van der Waals surface area contributed by atoms with E-state index in [9.17, 15) is 0 Å². The number of aryl methyl sites for hydroxylation is 1. The van der Waals surface area contributed by atoms with Crippen molar-refractivity contribution >= 4 is 28.2 Å². The van der Waals surface area contributed by atoms with E-state index >= 15 is 0 Å². The molecule has 0 atom stereocenters. The van der Waals surface area contributed by atoms with E-state index in [0.717, 1.165) is 49.6 Å². The first-order chi connectivity index (χ1) is 12.2. The van der Waals surface area contributed by atoms with Gasteiger partial charge in [0.2, 0.25) is 0 Å². The third-order valence-corrected chi connectivity index (χ3v) is 4.93. The van der Waals surface area contributed by atoms with Crippen LogP contribution in [0.3, 0.4) is 0 Å². The van der Waals surface area contributed by atoms with Crippen LogP contribution in [0.5, 0.6) is 0 Å². The van der Waals surface area contributed by atoms with Crippen molar-refractivity contribution in [3.63, 3.8) is 0 Å². The minimum atomic E-state index is 0.688. The molecule has 2 aromatic heterocycles. The molecule has 0 spiro atoms. The Morgan fingerprint density at radius 3 is 2.60 bits per heavy atom. The van der Waals surface area contributed by atoms with Crippen LogP contribution in [0.2, 0.25) is 5.02 Å². The summed E-state index contributed by atoms with van der Waals surface area (Å²) < 4.78 is 0. The molecule has 0 radical (unpaired) electrons. The van der Waals surface area contributed by atoms with Gasteiger partial charge in [-0.3, -0.25) is 14.9 Å². The van der Waals surface area contributed by atoms with E-state index in [1.165, 1.54) is 11.1 Å². The molecule has 128 valence electrons. The van der Waals surface area contributed by atoms with Gasteiger partial charge in [0, 0.05) is 55.7 Å². The average molecular weight is 353 g/mol. The molecule has 0 bridgehead atoms. The molecule has 0 amide bonds. The van der Waals surface area contributed by atoms with E-state index in [0.29, 0.717) is 5.02 Å². The van der Waals surface area contributed by atoms with E-state index in [1.807, 2.05) is 12.1 Å². The van der Waals surface area contributed by atoms with E-state index in [2.05, 4.69) is 57.0 Å². The SMILES string of the molecule is Cc1cc(N2CCN(Cc3ccc(Cl)cn3)CC2)c2ccccc2n1. The van der Waals surface area contributed by atoms with E-state index in [4.69, 9.17) is 11.6 Å². The van der Waals surface area contributed by atoms with Gasteiger partial charge in [0.05, 0.1) is 16.2 Å². The monoisotopic (exact) mass is 352 g/mol. The average Bonchev–Trinajstić information content (AvgIpc) is 2.63. The number of hydrogen-bond acceptors (Lipinski definition) is 4. The number of fused-ring (bicyclic) bond motifs is 1. The van der Waals surface area contributed by atoms with Gasteiger partial charge in [-0.1, -0.05) is 29.8 Å². The molecule has 1 aliphatic rings. The Morgan fingerprint density at radius 1 is 1.04 bits per heavy atom. The van der Waals surface area contributed by atoms with Crippen molar-refractivity contribution in [3.8, 4) is 0 Å². The van der Waals surface area contributed by atoms with Crippen molar-refractivity contribution in [2.45, 2.75) is 13.5 Å². The van der Waals surface area contributed by atoms with E-state index in [1.54, 1.807) is 6.20 Å². The Morgan fingerprint density at radius 2 is 1.84 bits per heavy atom. The molecule has 0 N–H and O–H groups in total. The van der Waals surface area contributed by atoms with Crippen LogP contribution in [0.4, 0.5) is 5.69 Å². The maximum Gasteiger partial charge on any atom is 0.0726 e. The highest BCUT2D eigenvalue weighted by molar-refractivity contribution is 6.30. The minimum absolute atomic E-state index is 0.688. The van der Waals surface area contributed by atoms with Crippen LogP contribution in [-0.4, -0.2) is 41.0 Å². The van der Waals surface area contributed by atoms with Crippen molar-refractivity contribution < 1.29 is 0 Å². The smallest absolute Gasteiger partial charge is 0.0726 e. The zero-order valence-corrected chi connectivity index (χ0v) is 15.1. The second-order valence-corrected chi connectivity index (χ2v) is 6.97. The fourth-order valence-electron chi connectivity index (χ4n) is 3.42. The van der Waals surface area contributed by atoms with Crippen LogP contribution in [0, 0.1) is 6.92 Å². The molecule has 25 heavy (non-hydrogen) atoms. The summed E-state index contributed by atoms with van der Waals surface area (Å²) >= 11 is 5.91. The highest BCUT2D eigenvalue weighted by atomic mass is 35.5. The topological polar surface area (TPSA) is 32.3 Å². The summed E-state index contributed by atoms with van der Waals surface area (Å²) in [6.45, 7) is 7.03. The molecule has 4 rings (SSSR count). The molecular formula is C20H21ClN4. The van der Waals surface area contributed by atoms with Gasteiger partial charge in [-0.15, -0.1) is 0 Å². The Bertz CT molecular complexity index is 871. The zero-order chi connectivity index (χ0) is 17.2. The van der Waals surface area contributed by atoms with Gasteiger partial charge in [-0.2, -0.15) is 0 Å². The van der Waals surface area contributed by atoms with Crippen LogP contribution < -0.4 is 4.90 Å². The second kappa shape index (κ2) is 6.98. The molecule has 1 aliphatic heterocycles. The molecule has 3 heterocycles. The number of hydrogen-bond donors (Lipinski definition) is 0. The van der Waals surface area contributed by atoms with Crippen LogP contribution in [0.1, 0.15) is 11.4 Å². The minimum Gasteiger partial charge on any atom is -0.368 e. The lowest BCUT2D eigenvalue weighted by Crippen LogP contribution is -2.46. The first kappa shape index (κ1) is 16.3. The van der Waals surface area contributed by atoms with Crippen LogP contribution in [0.15, 0.2) is 48.7 Å². The highest BCUT2D eigenvalue weighted by Crippen LogP contribution is 2.27. The molecule has 3 aromatic rings.